The number of para-hydroxylation sites is 1. The van der Waals surface area contributed by atoms with Gasteiger partial charge in [0.1, 0.15) is 5.01 Å². The fourth-order valence-electron chi connectivity index (χ4n) is 2.47. The first-order valence-electron chi connectivity index (χ1n) is 8.33. The number of nitrogens with one attached hydrogen (secondary N) is 2. The van der Waals surface area contributed by atoms with Crippen molar-refractivity contribution in [3.63, 3.8) is 0 Å². The van der Waals surface area contributed by atoms with Crippen molar-refractivity contribution in [3.05, 3.63) is 47.5 Å². The molecule has 0 saturated heterocycles. The maximum atomic E-state index is 11.9. The second-order valence-corrected chi connectivity index (χ2v) is 7.66. The van der Waals surface area contributed by atoms with Crippen LogP contribution in [0.2, 0.25) is 5.02 Å². The van der Waals surface area contributed by atoms with E-state index in [2.05, 4.69) is 15.6 Å². The molecule has 0 aliphatic carbocycles. The largest absolute Gasteiger partial charge is 0.332 e. The molecule has 3 aromatic rings. The van der Waals surface area contributed by atoms with Crippen molar-refractivity contribution in [1.82, 2.24) is 10.3 Å². The van der Waals surface area contributed by atoms with Crippen LogP contribution in [0.5, 0.6) is 0 Å². The Balaban J connectivity index is 1.84. The van der Waals surface area contributed by atoms with Crippen LogP contribution in [0.3, 0.4) is 0 Å². The predicted molar refractivity (Wildman–Crippen MR) is 114 cm³/mol. The summed E-state index contributed by atoms with van der Waals surface area (Å²) in [5, 5.41) is 7.54. The molecule has 0 aliphatic rings. The second kappa shape index (κ2) is 8.58. The molecule has 2 N–H and O–H groups in total. The second-order valence-electron chi connectivity index (χ2n) is 5.78. The number of fused-ring (bicyclic) bond motifs is 1. The summed E-state index contributed by atoms with van der Waals surface area (Å²) >= 11 is 13.1. The van der Waals surface area contributed by atoms with Gasteiger partial charge in [-0.25, -0.2) is 4.98 Å². The lowest BCUT2D eigenvalue weighted by molar-refractivity contribution is -0.119. The zero-order valence-corrected chi connectivity index (χ0v) is 16.6. The molecular formula is C19H18ClN3OS2. The van der Waals surface area contributed by atoms with Gasteiger partial charge in [-0.15, -0.1) is 11.3 Å². The van der Waals surface area contributed by atoms with Gasteiger partial charge in [0.05, 0.1) is 15.9 Å². The monoisotopic (exact) mass is 403 g/mol. The highest BCUT2D eigenvalue weighted by molar-refractivity contribution is 7.80. The molecule has 1 heterocycles. The molecule has 0 atom stereocenters. The topological polar surface area (TPSA) is 54.0 Å². The molecule has 0 fully saturated rings. The van der Waals surface area contributed by atoms with Gasteiger partial charge in [0, 0.05) is 17.0 Å². The molecule has 0 aliphatic heterocycles. The summed E-state index contributed by atoms with van der Waals surface area (Å²) in [6.07, 6.45) is 2.27. The van der Waals surface area contributed by atoms with E-state index in [4.69, 9.17) is 23.8 Å². The van der Waals surface area contributed by atoms with E-state index in [9.17, 15) is 4.79 Å². The molecule has 7 heteroatoms. The summed E-state index contributed by atoms with van der Waals surface area (Å²) in [5.41, 5.74) is 2.55. The fourth-order valence-corrected chi connectivity index (χ4v) is 3.86. The number of hydrogen-bond donors (Lipinski definition) is 2. The number of aromatic nitrogens is 1. The molecule has 2 aromatic carbocycles. The summed E-state index contributed by atoms with van der Waals surface area (Å²) in [6, 6.07) is 13.4. The molecule has 0 unspecified atom stereocenters. The Morgan fingerprint density at radius 2 is 2.08 bits per heavy atom. The zero-order chi connectivity index (χ0) is 18.5. The van der Waals surface area contributed by atoms with Crippen LogP contribution >= 0.6 is 35.2 Å². The normalized spacial score (nSPS) is 10.7. The Morgan fingerprint density at radius 3 is 2.85 bits per heavy atom. The van der Waals surface area contributed by atoms with Crippen molar-refractivity contribution >= 4 is 62.1 Å². The Kier molecular flexibility index (Phi) is 6.19. The van der Waals surface area contributed by atoms with E-state index in [0.717, 1.165) is 39.3 Å². The van der Waals surface area contributed by atoms with Gasteiger partial charge in [-0.05, 0) is 49.0 Å². The number of carbonyl (C=O) groups excluding carboxylic acids is 1. The Hall–Kier alpha value is -2.02. The van der Waals surface area contributed by atoms with Crippen molar-refractivity contribution in [2.75, 3.05) is 5.32 Å². The molecule has 0 spiro atoms. The minimum absolute atomic E-state index is 0.0835. The average molecular weight is 404 g/mol. The van der Waals surface area contributed by atoms with Gasteiger partial charge in [0.2, 0.25) is 5.91 Å². The average Bonchev–Trinajstić information content (AvgIpc) is 3.05. The van der Waals surface area contributed by atoms with Crippen molar-refractivity contribution in [2.24, 2.45) is 0 Å². The highest BCUT2D eigenvalue weighted by Crippen LogP contribution is 2.36. The van der Waals surface area contributed by atoms with Gasteiger partial charge in [-0.2, -0.15) is 0 Å². The summed E-state index contributed by atoms with van der Waals surface area (Å²) < 4.78 is 1.10. The van der Waals surface area contributed by atoms with Crippen LogP contribution in [0, 0.1) is 0 Å². The SMILES string of the molecule is CCCCC(=O)NC(=S)Nc1ccc(Cl)cc1-c1nc2ccccc2s1. The van der Waals surface area contributed by atoms with Crippen molar-refractivity contribution < 1.29 is 4.79 Å². The zero-order valence-electron chi connectivity index (χ0n) is 14.2. The van der Waals surface area contributed by atoms with Gasteiger partial charge in [0.25, 0.3) is 0 Å². The number of thiazole rings is 1. The first-order valence-corrected chi connectivity index (χ1v) is 9.93. The van der Waals surface area contributed by atoms with Crippen LogP contribution in [-0.4, -0.2) is 16.0 Å². The highest BCUT2D eigenvalue weighted by Gasteiger charge is 2.13. The summed E-state index contributed by atoms with van der Waals surface area (Å²) in [6.45, 7) is 2.04. The van der Waals surface area contributed by atoms with Crippen LogP contribution in [-0.2, 0) is 4.79 Å². The number of unbranched alkanes of at least 4 members (excludes halogenated alkanes) is 1. The number of rotatable bonds is 5. The molecular weight excluding hydrogens is 386 g/mol. The van der Waals surface area contributed by atoms with E-state index in [0.29, 0.717) is 11.4 Å². The van der Waals surface area contributed by atoms with E-state index in [1.807, 2.05) is 43.3 Å². The molecule has 0 saturated carbocycles. The third kappa shape index (κ3) is 4.58. The molecule has 0 radical (unpaired) electrons. The number of anilines is 1. The van der Waals surface area contributed by atoms with Gasteiger partial charge >= 0.3 is 0 Å². The van der Waals surface area contributed by atoms with E-state index in [1.165, 1.54) is 0 Å². The summed E-state index contributed by atoms with van der Waals surface area (Å²) in [4.78, 5) is 16.5. The summed E-state index contributed by atoms with van der Waals surface area (Å²) in [7, 11) is 0. The van der Waals surface area contributed by atoms with Gasteiger partial charge < -0.3 is 10.6 Å². The van der Waals surface area contributed by atoms with Crippen LogP contribution in [0.4, 0.5) is 5.69 Å². The maximum absolute atomic E-state index is 11.9. The van der Waals surface area contributed by atoms with Crippen molar-refractivity contribution in [2.45, 2.75) is 26.2 Å². The number of benzene rings is 2. The molecule has 1 aromatic heterocycles. The smallest absolute Gasteiger partial charge is 0.226 e. The first-order chi connectivity index (χ1) is 12.6. The molecule has 4 nitrogen and oxygen atoms in total. The minimum Gasteiger partial charge on any atom is -0.332 e. The standard InChI is InChI=1S/C19H18ClN3OS2/c1-2-3-8-17(24)23-19(25)22-14-10-9-12(20)11-13(14)18-21-15-6-4-5-7-16(15)26-18/h4-7,9-11H,2-3,8H2,1H3,(H2,22,23,24,25). The van der Waals surface area contributed by atoms with Gasteiger partial charge in [-0.3, -0.25) is 4.79 Å². The molecule has 1 amide bonds. The van der Waals surface area contributed by atoms with Crippen LogP contribution in [0.1, 0.15) is 26.2 Å². The van der Waals surface area contributed by atoms with Crippen LogP contribution in [0.25, 0.3) is 20.8 Å². The Morgan fingerprint density at radius 1 is 1.27 bits per heavy atom. The minimum atomic E-state index is -0.0835. The van der Waals surface area contributed by atoms with Crippen molar-refractivity contribution in [3.8, 4) is 10.6 Å². The van der Waals surface area contributed by atoms with Crippen molar-refractivity contribution in [1.29, 1.82) is 0 Å². The number of nitrogens with zero attached hydrogens (tertiary/aromatic N) is 1. The van der Waals surface area contributed by atoms with Gasteiger partial charge in [0.15, 0.2) is 5.11 Å². The lowest BCUT2D eigenvalue weighted by Crippen LogP contribution is -2.34. The van der Waals surface area contributed by atoms with E-state index < -0.39 is 0 Å². The Bertz CT molecular complexity index is 922. The molecule has 26 heavy (non-hydrogen) atoms. The predicted octanol–water partition coefficient (Wildman–Crippen LogP) is 5.62. The fraction of sp³-hybridized carbons (Fsp3) is 0.211. The van der Waals surface area contributed by atoms with E-state index in [-0.39, 0.29) is 11.0 Å². The highest BCUT2D eigenvalue weighted by atomic mass is 35.5. The third-order valence-electron chi connectivity index (χ3n) is 3.76. The van der Waals surface area contributed by atoms with Crippen LogP contribution < -0.4 is 10.6 Å². The van der Waals surface area contributed by atoms with Crippen LogP contribution in [0.15, 0.2) is 42.5 Å². The molecule has 134 valence electrons. The van der Waals surface area contributed by atoms with E-state index >= 15 is 0 Å². The quantitative estimate of drug-likeness (QED) is 0.543. The number of halogens is 1. The lowest BCUT2D eigenvalue weighted by atomic mass is 10.2. The van der Waals surface area contributed by atoms with Gasteiger partial charge in [-0.1, -0.05) is 37.1 Å². The molecule has 3 rings (SSSR count). The Labute approximate surface area is 166 Å². The number of hydrogen-bond acceptors (Lipinski definition) is 4. The molecule has 0 bridgehead atoms. The first kappa shape index (κ1) is 18.8. The van der Waals surface area contributed by atoms with E-state index in [1.54, 1.807) is 17.4 Å². The number of amides is 1. The number of carbonyl (C=O) groups is 1. The maximum Gasteiger partial charge on any atom is 0.226 e. The summed E-state index contributed by atoms with van der Waals surface area (Å²) in [5.74, 6) is -0.0835. The lowest BCUT2D eigenvalue weighted by Gasteiger charge is -2.12. The third-order valence-corrected chi connectivity index (χ3v) is 5.27. The number of thiocarbonyl (C=S) groups is 1.